The predicted molar refractivity (Wildman–Crippen MR) is 84.2 cm³/mol. The van der Waals surface area contributed by atoms with Gasteiger partial charge < -0.3 is 5.11 Å². The SMILES string of the molecule is CS(=O)(=O)c1ccc(O)c(-c2cc(-c3ccccc3F)[nH]n2)c1. The second-order valence-electron chi connectivity index (χ2n) is 5.10. The molecule has 3 aromatic rings. The topological polar surface area (TPSA) is 83.0 Å². The Morgan fingerprint density at radius 1 is 1.09 bits per heavy atom. The second-order valence-corrected chi connectivity index (χ2v) is 7.11. The van der Waals surface area contributed by atoms with E-state index in [0.29, 0.717) is 17.0 Å². The van der Waals surface area contributed by atoms with Crippen LogP contribution in [0.2, 0.25) is 0 Å². The summed E-state index contributed by atoms with van der Waals surface area (Å²) >= 11 is 0. The summed E-state index contributed by atoms with van der Waals surface area (Å²) in [5.41, 5.74) is 1.35. The minimum atomic E-state index is -3.41. The van der Waals surface area contributed by atoms with Gasteiger partial charge in [-0.25, -0.2) is 12.8 Å². The van der Waals surface area contributed by atoms with E-state index < -0.39 is 15.7 Å². The van der Waals surface area contributed by atoms with Crippen molar-refractivity contribution in [3.8, 4) is 28.3 Å². The van der Waals surface area contributed by atoms with Crippen LogP contribution < -0.4 is 0 Å². The van der Waals surface area contributed by atoms with Crippen LogP contribution in [0.4, 0.5) is 4.39 Å². The van der Waals surface area contributed by atoms with Crippen molar-refractivity contribution in [2.45, 2.75) is 4.90 Å². The summed E-state index contributed by atoms with van der Waals surface area (Å²) in [6.07, 6.45) is 1.08. The first-order valence-corrected chi connectivity index (χ1v) is 8.59. The predicted octanol–water partition coefficient (Wildman–Crippen LogP) is 2.99. The molecule has 3 rings (SSSR count). The molecule has 0 saturated heterocycles. The van der Waals surface area contributed by atoms with Gasteiger partial charge in [0, 0.05) is 17.4 Å². The molecule has 1 heterocycles. The quantitative estimate of drug-likeness (QED) is 0.772. The lowest BCUT2D eigenvalue weighted by Gasteiger charge is -2.04. The Morgan fingerprint density at radius 3 is 2.52 bits per heavy atom. The first-order valence-electron chi connectivity index (χ1n) is 6.70. The number of nitrogens with zero attached hydrogens (tertiary/aromatic N) is 1. The summed E-state index contributed by atoms with van der Waals surface area (Å²) in [5.74, 6) is -0.513. The average molecular weight is 332 g/mol. The first kappa shape index (κ1) is 15.2. The number of sulfone groups is 1. The van der Waals surface area contributed by atoms with Gasteiger partial charge in [0.15, 0.2) is 9.84 Å². The minimum Gasteiger partial charge on any atom is -0.507 e. The van der Waals surface area contributed by atoms with Crippen LogP contribution in [0.15, 0.2) is 53.4 Å². The molecule has 0 aliphatic rings. The number of rotatable bonds is 3. The minimum absolute atomic E-state index is 0.0701. The highest BCUT2D eigenvalue weighted by Gasteiger charge is 2.15. The lowest BCUT2D eigenvalue weighted by atomic mass is 10.1. The number of aromatic amines is 1. The number of nitrogens with one attached hydrogen (secondary N) is 1. The van der Waals surface area contributed by atoms with E-state index >= 15 is 0 Å². The highest BCUT2D eigenvalue weighted by atomic mass is 32.2. The lowest BCUT2D eigenvalue weighted by Crippen LogP contribution is -1.97. The fraction of sp³-hybridized carbons (Fsp3) is 0.0625. The number of H-pyrrole nitrogens is 1. The molecule has 5 nitrogen and oxygen atoms in total. The molecule has 0 atom stereocenters. The summed E-state index contributed by atoms with van der Waals surface area (Å²) in [6.45, 7) is 0. The smallest absolute Gasteiger partial charge is 0.175 e. The Hall–Kier alpha value is -2.67. The van der Waals surface area contributed by atoms with Crippen LogP contribution in [0.3, 0.4) is 0 Å². The van der Waals surface area contributed by atoms with E-state index in [0.717, 1.165) is 6.26 Å². The number of aromatic hydroxyl groups is 1. The summed E-state index contributed by atoms with van der Waals surface area (Å²) in [4.78, 5) is 0.0701. The van der Waals surface area contributed by atoms with Gasteiger partial charge in [-0.2, -0.15) is 5.10 Å². The number of aromatic nitrogens is 2. The van der Waals surface area contributed by atoms with Crippen LogP contribution in [-0.2, 0) is 9.84 Å². The van der Waals surface area contributed by atoms with Crippen LogP contribution in [0.1, 0.15) is 0 Å². The van der Waals surface area contributed by atoms with E-state index in [2.05, 4.69) is 10.2 Å². The highest BCUT2D eigenvalue weighted by Crippen LogP contribution is 2.32. The van der Waals surface area contributed by atoms with E-state index in [1.807, 2.05) is 0 Å². The maximum atomic E-state index is 13.8. The molecule has 0 radical (unpaired) electrons. The van der Waals surface area contributed by atoms with Crippen molar-refractivity contribution in [2.24, 2.45) is 0 Å². The lowest BCUT2D eigenvalue weighted by molar-refractivity contribution is 0.476. The van der Waals surface area contributed by atoms with Gasteiger partial charge in [0.2, 0.25) is 0 Å². The molecule has 2 aromatic carbocycles. The van der Waals surface area contributed by atoms with Gasteiger partial charge in [-0.3, -0.25) is 5.10 Å². The molecule has 0 aliphatic carbocycles. The second kappa shape index (κ2) is 5.51. The van der Waals surface area contributed by atoms with Crippen molar-refractivity contribution < 1.29 is 17.9 Å². The monoisotopic (exact) mass is 332 g/mol. The van der Waals surface area contributed by atoms with Crippen LogP contribution >= 0.6 is 0 Å². The molecule has 0 unspecified atom stereocenters. The third-order valence-electron chi connectivity index (χ3n) is 3.41. The van der Waals surface area contributed by atoms with Gasteiger partial charge in [0.25, 0.3) is 0 Å². The molecule has 1 aromatic heterocycles. The maximum absolute atomic E-state index is 13.8. The third-order valence-corrected chi connectivity index (χ3v) is 4.52. The summed E-state index contributed by atoms with van der Waals surface area (Å²) in [5, 5.41) is 16.7. The maximum Gasteiger partial charge on any atom is 0.175 e. The molecule has 0 bridgehead atoms. The summed E-state index contributed by atoms with van der Waals surface area (Å²) in [6, 6.07) is 11.7. The van der Waals surface area contributed by atoms with Crippen molar-refractivity contribution in [2.75, 3.05) is 6.26 Å². The normalized spacial score (nSPS) is 11.6. The van der Waals surface area contributed by atoms with Crippen LogP contribution in [0.25, 0.3) is 22.5 Å². The van der Waals surface area contributed by atoms with Crippen LogP contribution in [-0.4, -0.2) is 30.0 Å². The number of benzene rings is 2. The Balaban J connectivity index is 2.09. The summed E-state index contributed by atoms with van der Waals surface area (Å²) in [7, 11) is -3.41. The highest BCUT2D eigenvalue weighted by molar-refractivity contribution is 7.90. The number of hydrogen-bond acceptors (Lipinski definition) is 4. The molecular formula is C16H13FN2O3S. The molecule has 0 amide bonds. The standard InChI is InChI=1S/C16H13FN2O3S/c1-23(21,22)10-6-7-16(20)12(8-10)15-9-14(18-19-15)11-4-2-3-5-13(11)17/h2-9,20H,1H3,(H,18,19). The molecule has 0 saturated carbocycles. The van der Waals surface area contributed by atoms with Gasteiger partial charge in [-0.05, 0) is 36.4 Å². The zero-order chi connectivity index (χ0) is 16.6. The van der Waals surface area contributed by atoms with Gasteiger partial charge in [-0.1, -0.05) is 12.1 Å². The van der Waals surface area contributed by atoms with Crippen molar-refractivity contribution in [1.29, 1.82) is 0 Å². The number of phenols is 1. The largest absolute Gasteiger partial charge is 0.507 e. The number of hydrogen-bond donors (Lipinski definition) is 2. The van der Waals surface area contributed by atoms with Gasteiger partial charge in [0.05, 0.1) is 16.3 Å². The van der Waals surface area contributed by atoms with E-state index in [4.69, 9.17) is 0 Å². The Morgan fingerprint density at radius 2 is 1.83 bits per heavy atom. The fourth-order valence-corrected chi connectivity index (χ4v) is 2.88. The zero-order valence-corrected chi connectivity index (χ0v) is 12.9. The van der Waals surface area contributed by atoms with Crippen molar-refractivity contribution >= 4 is 9.84 Å². The third kappa shape index (κ3) is 2.95. The average Bonchev–Trinajstić information content (AvgIpc) is 2.96. The Bertz CT molecular complexity index is 980. The van der Waals surface area contributed by atoms with Crippen molar-refractivity contribution in [1.82, 2.24) is 10.2 Å². The van der Waals surface area contributed by atoms with E-state index in [9.17, 15) is 17.9 Å². The first-order chi connectivity index (χ1) is 10.9. The molecule has 0 spiro atoms. The summed E-state index contributed by atoms with van der Waals surface area (Å²) < 4.78 is 37.1. The number of phenolic OH excluding ortho intramolecular Hbond substituents is 1. The molecule has 2 N–H and O–H groups in total. The van der Waals surface area contributed by atoms with Crippen LogP contribution in [0.5, 0.6) is 5.75 Å². The molecular weight excluding hydrogens is 319 g/mol. The molecule has 0 aliphatic heterocycles. The van der Waals surface area contributed by atoms with E-state index in [-0.39, 0.29) is 16.2 Å². The molecule has 23 heavy (non-hydrogen) atoms. The molecule has 118 valence electrons. The number of halogens is 1. The van der Waals surface area contributed by atoms with Gasteiger partial charge >= 0.3 is 0 Å². The molecule has 7 heteroatoms. The van der Waals surface area contributed by atoms with Crippen molar-refractivity contribution in [3.05, 3.63) is 54.3 Å². The fourth-order valence-electron chi connectivity index (χ4n) is 2.23. The molecule has 0 fully saturated rings. The van der Waals surface area contributed by atoms with Crippen LogP contribution in [0, 0.1) is 5.82 Å². The van der Waals surface area contributed by atoms with E-state index in [1.54, 1.807) is 24.3 Å². The Labute approximate surface area is 132 Å². The zero-order valence-electron chi connectivity index (χ0n) is 12.1. The van der Waals surface area contributed by atoms with E-state index in [1.165, 1.54) is 24.3 Å². The van der Waals surface area contributed by atoms with Crippen molar-refractivity contribution in [3.63, 3.8) is 0 Å². The van der Waals surface area contributed by atoms with Gasteiger partial charge in [-0.15, -0.1) is 0 Å². The van der Waals surface area contributed by atoms with Gasteiger partial charge in [0.1, 0.15) is 11.6 Å². The Kier molecular flexibility index (Phi) is 3.65.